The van der Waals surface area contributed by atoms with Gasteiger partial charge >= 0.3 is 0 Å². The highest BCUT2D eigenvalue weighted by Gasteiger charge is 2.24. The Labute approximate surface area is 118 Å². The van der Waals surface area contributed by atoms with Gasteiger partial charge in [0.2, 0.25) is 5.95 Å². The Morgan fingerprint density at radius 2 is 2.20 bits per heavy atom. The average molecular weight is 275 g/mol. The Morgan fingerprint density at radius 3 is 2.80 bits per heavy atom. The highest BCUT2D eigenvalue weighted by molar-refractivity contribution is 5.55. The molecule has 108 valence electrons. The Hall–Kier alpha value is -1.82. The number of hydrogen-bond acceptors (Lipinski definition) is 5. The molecule has 1 unspecified atom stereocenters. The third-order valence-corrected chi connectivity index (χ3v) is 4.04. The summed E-state index contributed by atoms with van der Waals surface area (Å²) in [5, 5.41) is 7.29. The summed E-state index contributed by atoms with van der Waals surface area (Å²) in [6.45, 7) is 5.94. The van der Waals surface area contributed by atoms with Crippen molar-refractivity contribution >= 4 is 5.95 Å². The third kappa shape index (κ3) is 2.56. The maximum atomic E-state index is 5.97. The number of piperidine rings is 1. The lowest BCUT2D eigenvalue weighted by molar-refractivity contribution is 0.352. The van der Waals surface area contributed by atoms with Gasteiger partial charge < -0.3 is 15.1 Å². The number of nitrogens with zero attached hydrogens (tertiary/aromatic N) is 3. The molecule has 0 saturated carbocycles. The van der Waals surface area contributed by atoms with Crippen LogP contribution >= 0.6 is 0 Å². The molecular formula is C14H21N5O. The fraction of sp³-hybridized carbons (Fsp3) is 0.571. The fourth-order valence-electron chi connectivity index (χ4n) is 2.72. The number of rotatable bonds is 3. The van der Waals surface area contributed by atoms with E-state index in [1.807, 2.05) is 13.0 Å². The summed E-state index contributed by atoms with van der Waals surface area (Å²) in [5.41, 5.74) is 6.90. The number of nitrogens with one attached hydrogen (secondary N) is 1. The van der Waals surface area contributed by atoms with Crippen LogP contribution in [0.5, 0.6) is 0 Å². The molecule has 1 aliphatic heterocycles. The monoisotopic (exact) mass is 275 g/mol. The molecule has 6 heteroatoms. The number of hydrogen-bond donors (Lipinski definition) is 2. The van der Waals surface area contributed by atoms with Gasteiger partial charge in [-0.2, -0.15) is 4.98 Å². The Morgan fingerprint density at radius 1 is 1.45 bits per heavy atom. The van der Waals surface area contributed by atoms with Crippen molar-refractivity contribution in [2.75, 3.05) is 18.0 Å². The molecule has 1 aliphatic rings. The van der Waals surface area contributed by atoms with Crippen molar-refractivity contribution in [3.63, 3.8) is 0 Å². The van der Waals surface area contributed by atoms with E-state index in [4.69, 9.17) is 10.2 Å². The second-order valence-corrected chi connectivity index (χ2v) is 5.61. The second-order valence-electron chi connectivity index (χ2n) is 5.61. The maximum Gasteiger partial charge on any atom is 0.245 e. The molecule has 3 N–H and O–H groups in total. The van der Waals surface area contributed by atoms with E-state index in [1.165, 1.54) is 0 Å². The first-order valence-corrected chi connectivity index (χ1v) is 7.12. The molecule has 1 fully saturated rings. The second kappa shape index (κ2) is 5.28. The fourth-order valence-corrected chi connectivity index (χ4v) is 2.72. The van der Waals surface area contributed by atoms with Crippen LogP contribution in [0.3, 0.4) is 0 Å². The molecule has 0 aliphatic carbocycles. The van der Waals surface area contributed by atoms with E-state index in [9.17, 15) is 0 Å². The van der Waals surface area contributed by atoms with Crippen LogP contribution in [0.2, 0.25) is 0 Å². The van der Waals surface area contributed by atoms with Crippen molar-refractivity contribution in [1.82, 2.24) is 15.2 Å². The van der Waals surface area contributed by atoms with Crippen molar-refractivity contribution in [2.24, 2.45) is 11.7 Å². The summed E-state index contributed by atoms with van der Waals surface area (Å²) in [4.78, 5) is 6.77. The van der Waals surface area contributed by atoms with E-state index >= 15 is 0 Å². The van der Waals surface area contributed by atoms with Gasteiger partial charge in [-0.1, -0.05) is 0 Å². The first kappa shape index (κ1) is 13.2. The van der Waals surface area contributed by atoms with Crippen LogP contribution in [0.15, 0.2) is 16.7 Å². The summed E-state index contributed by atoms with van der Waals surface area (Å²) in [6.07, 6.45) is 3.90. The standard InChI is InChI=1S/C14H21N5O/c1-9-7-12(8-20-9)13-16-14(18-17-13)19-5-3-11(4-6-19)10(2)15/h7-8,10-11H,3-6,15H2,1-2H3,(H,16,17,18). The van der Waals surface area contributed by atoms with E-state index in [0.29, 0.717) is 5.92 Å². The molecule has 0 radical (unpaired) electrons. The zero-order valence-electron chi connectivity index (χ0n) is 12.0. The quantitative estimate of drug-likeness (QED) is 0.894. The third-order valence-electron chi connectivity index (χ3n) is 4.04. The van der Waals surface area contributed by atoms with Gasteiger partial charge in [0.1, 0.15) is 12.0 Å². The van der Waals surface area contributed by atoms with Crippen LogP contribution < -0.4 is 10.6 Å². The molecule has 20 heavy (non-hydrogen) atoms. The van der Waals surface area contributed by atoms with E-state index in [2.05, 4.69) is 27.0 Å². The van der Waals surface area contributed by atoms with Crippen LogP contribution in [0.4, 0.5) is 5.95 Å². The van der Waals surface area contributed by atoms with Crippen molar-refractivity contribution in [2.45, 2.75) is 32.7 Å². The van der Waals surface area contributed by atoms with Crippen molar-refractivity contribution in [3.8, 4) is 11.4 Å². The highest BCUT2D eigenvalue weighted by atomic mass is 16.3. The van der Waals surface area contributed by atoms with E-state index < -0.39 is 0 Å². The molecule has 0 aromatic carbocycles. The first-order valence-electron chi connectivity index (χ1n) is 7.12. The SMILES string of the molecule is Cc1cc(-c2nc(N3CCC(C(C)N)CC3)n[nH]2)co1. The van der Waals surface area contributed by atoms with Gasteiger partial charge in [-0.05, 0) is 38.7 Å². The van der Waals surface area contributed by atoms with Crippen LogP contribution in [-0.2, 0) is 0 Å². The molecule has 2 aromatic heterocycles. The Bertz CT molecular complexity index is 566. The van der Waals surface area contributed by atoms with Gasteiger partial charge in [-0.15, -0.1) is 5.10 Å². The molecule has 3 rings (SSSR count). The van der Waals surface area contributed by atoms with E-state index in [-0.39, 0.29) is 6.04 Å². The summed E-state index contributed by atoms with van der Waals surface area (Å²) >= 11 is 0. The minimum atomic E-state index is 0.272. The van der Waals surface area contributed by atoms with Gasteiger partial charge in [-0.25, -0.2) is 0 Å². The highest BCUT2D eigenvalue weighted by Crippen LogP contribution is 2.24. The lowest BCUT2D eigenvalue weighted by atomic mass is 9.91. The lowest BCUT2D eigenvalue weighted by Crippen LogP contribution is -2.40. The van der Waals surface area contributed by atoms with Crippen molar-refractivity contribution < 1.29 is 4.42 Å². The molecule has 3 heterocycles. The number of aromatic nitrogens is 3. The minimum absolute atomic E-state index is 0.272. The number of aryl methyl sites for hydroxylation is 1. The van der Waals surface area contributed by atoms with Crippen LogP contribution in [-0.4, -0.2) is 34.3 Å². The molecule has 0 spiro atoms. The topological polar surface area (TPSA) is 84.0 Å². The van der Waals surface area contributed by atoms with Gasteiger partial charge in [-0.3, -0.25) is 5.10 Å². The van der Waals surface area contributed by atoms with Gasteiger partial charge in [0.15, 0.2) is 5.82 Å². The number of anilines is 1. The smallest absolute Gasteiger partial charge is 0.245 e. The number of H-pyrrole nitrogens is 1. The largest absolute Gasteiger partial charge is 0.469 e. The lowest BCUT2D eigenvalue weighted by Gasteiger charge is -2.32. The van der Waals surface area contributed by atoms with Crippen molar-refractivity contribution in [1.29, 1.82) is 0 Å². The number of aromatic amines is 1. The molecule has 1 saturated heterocycles. The van der Waals surface area contributed by atoms with Crippen LogP contribution in [0.25, 0.3) is 11.4 Å². The summed E-state index contributed by atoms with van der Waals surface area (Å²) in [7, 11) is 0. The van der Waals surface area contributed by atoms with Gasteiger partial charge in [0.05, 0.1) is 5.56 Å². The van der Waals surface area contributed by atoms with Gasteiger partial charge in [0.25, 0.3) is 0 Å². The molecule has 0 bridgehead atoms. The summed E-state index contributed by atoms with van der Waals surface area (Å²) < 4.78 is 5.30. The van der Waals surface area contributed by atoms with Crippen molar-refractivity contribution in [3.05, 3.63) is 18.1 Å². The predicted molar refractivity (Wildman–Crippen MR) is 77.4 cm³/mol. The predicted octanol–water partition coefficient (Wildman–Crippen LogP) is 1.94. The van der Waals surface area contributed by atoms with Crippen LogP contribution in [0.1, 0.15) is 25.5 Å². The molecule has 1 atom stereocenters. The maximum absolute atomic E-state index is 5.97. The minimum Gasteiger partial charge on any atom is -0.469 e. The van der Waals surface area contributed by atoms with Gasteiger partial charge in [0, 0.05) is 19.1 Å². The number of furan rings is 1. The molecule has 0 amide bonds. The van der Waals surface area contributed by atoms with E-state index in [0.717, 1.165) is 49.0 Å². The normalized spacial score (nSPS) is 18.4. The Balaban J connectivity index is 1.69. The first-order chi connectivity index (χ1) is 9.63. The average Bonchev–Trinajstić information content (AvgIpc) is 3.07. The summed E-state index contributed by atoms with van der Waals surface area (Å²) in [5.74, 6) is 3.00. The summed E-state index contributed by atoms with van der Waals surface area (Å²) in [6, 6.07) is 2.22. The number of nitrogens with two attached hydrogens (primary N) is 1. The van der Waals surface area contributed by atoms with Crippen LogP contribution in [0, 0.1) is 12.8 Å². The Kier molecular flexibility index (Phi) is 3.48. The zero-order valence-corrected chi connectivity index (χ0v) is 12.0. The van der Waals surface area contributed by atoms with E-state index in [1.54, 1.807) is 6.26 Å². The molecular weight excluding hydrogens is 254 g/mol. The zero-order chi connectivity index (χ0) is 14.1. The molecule has 6 nitrogen and oxygen atoms in total. The molecule has 2 aromatic rings.